The number of aromatic nitrogens is 3. The molecule has 1 atom stereocenters. The number of nitrogens with zero attached hydrogens (tertiary/aromatic N) is 3. The van der Waals surface area contributed by atoms with Crippen molar-refractivity contribution in [1.82, 2.24) is 20.1 Å². The Morgan fingerprint density at radius 1 is 1.23 bits per heavy atom. The zero-order chi connectivity index (χ0) is 22.2. The van der Waals surface area contributed by atoms with Crippen LogP contribution in [0.1, 0.15) is 35.5 Å². The summed E-state index contributed by atoms with van der Waals surface area (Å²) in [5.41, 5.74) is 3.28. The number of carbonyl (C=O) groups excluding carboxylic acids is 1. The van der Waals surface area contributed by atoms with Crippen molar-refractivity contribution in [2.45, 2.75) is 45.1 Å². The Bertz CT molecular complexity index is 1030. The third-order valence-electron chi connectivity index (χ3n) is 4.81. The molecule has 162 valence electrons. The van der Waals surface area contributed by atoms with Crippen LogP contribution >= 0.6 is 11.8 Å². The molecule has 0 bridgehead atoms. The Balaban J connectivity index is 1.61. The van der Waals surface area contributed by atoms with Crippen LogP contribution in [0.2, 0.25) is 0 Å². The molecule has 1 heterocycles. The first-order valence-electron chi connectivity index (χ1n) is 10.2. The van der Waals surface area contributed by atoms with Gasteiger partial charge in [0.2, 0.25) is 5.91 Å². The molecule has 0 radical (unpaired) electrons. The average Bonchev–Trinajstić information content (AvgIpc) is 3.15. The van der Waals surface area contributed by atoms with Gasteiger partial charge in [-0.05, 0) is 43.5 Å². The van der Waals surface area contributed by atoms with Crippen molar-refractivity contribution in [2.75, 3.05) is 5.75 Å². The van der Waals surface area contributed by atoms with Gasteiger partial charge in [0, 0.05) is 6.54 Å². The van der Waals surface area contributed by atoms with Crippen LogP contribution in [0.3, 0.4) is 0 Å². The zero-order valence-corrected chi connectivity index (χ0v) is 19.0. The Morgan fingerprint density at radius 3 is 2.74 bits per heavy atom. The number of nitrogens with one attached hydrogen (secondary N) is 1. The van der Waals surface area contributed by atoms with Crippen LogP contribution in [0.4, 0.5) is 0 Å². The van der Waals surface area contributed by atoms with Crippen LogP contribution < -0.4 is 10.1 Å². The number of ether oxygens (including phenoxy) is 1. The average molecular weight is 437 g/mol. The molecule has 3 aromatic rings. The van der Waals surface area contributed by atoms with Gasteiger partial charge >= 0.3 is 0 Å². The van der Waals surface area contributed by atoms with Crippen LogP contribution in [0.25, 0.3) is 0 Å². The second-order valence-corrected chi connectivity index (χ2v) is 8.29. The van der Waals surface area contributed by atoms with E-state index in [0.717, 1.165) is 22.4 Å². The van der Waals surface area contributed by atoms with E-state index in [-0.39, 0.29) is 17.7 Å². The third kappa shape index (κ3) is 6.21. The molecule has 1 aromatic heterocycles. The Labute approximate surface area is 187 Å². The molecule has 31 heavy (non-hydrogen) atoms. The highest BCUT2D eigenvalue weighted by Crippen LogP contribution is 2.22. The van der Waals surface area contributed by atoms with E-state index in [1.807, 2.05) is 67.8 Å². The van der Waals surface area contributed by atoms with E-state index in [2.05, 4.69) is 28.2 Å². The lowest BCUT2D eigenvalue weighted by atomic mass is 10.1. The lowest BCUT2D eigenvalue weighted by molar-refractivity contribution is -0.119. The summed E-state index contributed by atoms with van der Waals surface area (Å²) < 4.78 is 7.91. The molecule has 0 aliphatic carbocycles. The summed E-state index contributed by atoms with van der Waals surface area (Å²) in [4.78, 5) is 12.4. The molecule has 0 spiro atoms. The van der Waals surface area contributed by atoms with Crippen molar-refractivity contribution >= 4 is 17.7 Å². The zero-order valence-electron chi connectivity index (χ0n) is 18.2. The quantitative estimate of drug-likeness (QED) is 0.371. The molecule has 1 amide bonds. The number of benzene rings is 2. The molecule has 0 saturated carbocycles. The maximum absolute atomic E-state index is 12.4. The first-order valence-corrected chi connectivity index (χ1v) is 11.2. The number of hydrogen-bond acceptors (Lipinski definition) is 5. The number of hydrogen-bond donors (Lipinski definition) is 1. The van der Waals surface area contributed by atoms with Gasteiger partial charge in [-0.1, -0.05) is 60.3 Å². The van der Waals surface area contributed by atoms with Gasteiger partial charge < -0.3 is 10.1 Å². The van der Waals surface area contributed by atoms with Gasteiger partial charge in [0.25, 0.3) is 0 Å². The molecule has 7 heteroatoms. The summed E-state index contributed by atoms with van der Waals surface area (Å²) in [6, 6.07) is 15.9. The van der Waals surface area contributed by atoms with E-state index in [4.69, 9.17) is 4.74 Å². The van der Waals surface area contributed by atoms with Gasteiger partial charge in [-0.3, -0.25) is 9.36 Å². The summed E-state index contributed by atoms with van der Waals surface area (Å²) >= 11 is 1.35. The van der Waals surface area contributed by atoms with Gasteiger partial charge in [0.05, 0.1) is 11.8 Å². The van der Waals surface area contributed by atoms with Gasteiger partial charge in [-0.25, -0.2) is 0 Å². The lowest BCUT2D eigenvalue weighted by Crippen LogP contribution is -2.28. The van der Waals surface area contributed by atoms with Gasteiger partial charge in [0.1, 0.15) is 12.4 Å². The SMILES string of the molecule is C=CCn1c(COc2cc(C)ccc2C)nnc1SCC(=O)NC(C)c1ccccc1. The minimum atomic E-state index is -0.0538. The first kappa shape index (κ1) is 22.6. The van der Waals surface area contributed by atoms with Crippen LogP contribution in [-0.2, 0) is 17.9 Å². The molecular weight excluding hydrogens is 408 g/mol. The summed E-state index contributed by atoms with van der Waals surface area (Å²) in [5, 5.41) is 12.2. The fourth-order valence-electron chi connectivity index (χ4n) is 3.09. The number of amides is 1. The van der Waals surface area contributed by atoms with E-state index in [1.54, 1.807) is 6.08 Å². The van der Waals surface area contributed by atoms with Crippen molar-refractivity contribution in [3.8, 4) is 5.75 Å². The summed E-state index contributed by atoms with van der Waals surface area (Å²) in [6.07, 6.45) is 1.78. The van der Waals surface area contributed by atoms with E-state index in [0.29, 0.717) is 24.1 Å². The summed E-state index contributed by atoms with van der Waals surface area (Å²) in [6.45, 7) is 10.7. The van der Waals surface area contributed by atoms with Crippen molar-refractivity contribution in [3.05, 3.63) is 83.7 Å². The van der Waals surface area contributed by atoms with E-state index in [9.17, 15) is 4.79 Å². The Kier molecular flexibility index (Phi) is 7.89. The molecule has 3 rings (SSSR count). The number of thioether (sulfide) groups is 1. The maximum atomic E-state index is 12.4. The predicted octanol–water partition coefficient (Wildman–Crippen LogP) is 4.63. The standard InChI is InChI=1S/C24H28N4O2S/c1-5-13-28-22(15-30-21-14-17(2)11-12-18(21)3)26-27-24(28)31-16-23(29)25-19(4)20-9-7-6-8-10-20/h5-12,14,19H,1,13,15-16H2,2-4H3,(H,25,29). The van der Waals surface area contributed by atoms with Gasteiger partial charge in [-0.2, -0.15) is 0 Å². The topological polar surface area (TPSA) is 69.0 Å². The lowest BCUT2D eigenvalue weighted by Gasteiger charge is -2.14. The van der Waals surface area contributed by atoms with Crippen LogP contribution in [0.15, 0.2) is 66.3 Å². The molecule has 6 nitrogen and oxygen atoms in total. The Hall–Kier alpha value is -3.06. The van der Waals surface area contributed by atoms with Crippen LogP contribution in [0.5, 0.6) is 5.75 Å². The normalized spacial score (nSPS) is 11.7. The molecule has 1 unspecified atom stereocenters. The predicted molar refractivity (Wildman–Crippen MR) is 124 cm³/mol. The minimum absolute atomic E-state index is 0.0531. The van der Waals surface area contributed by atoms with Gasteiger partial charge in [-0.15, -0.1) is 16.8 Å². The van der Waals surface area contributed by atoms with Crippen molar-refractivity contribution in [1.29, 1.82) is 0 Å². The molecule has 0 fully saturated rings. The van der Waals surface area contributed by atoms with E-state index >= 15 is 0 Å². The molecule has 1 N–H and O–H groups in total. The summed E-state index contributed by atoms with van der Waals surface area (Å²) in [5.74, 6) is 1.73. The summed E-state index contributed by atoms with van der Waals surface area (Å²) in [7, 11) is 0. The van der Waals surface area contributed by atoms with Gasteiger partial charge in [0.15, 0.2) is 11.0 Å². The van der Waals surface area contributed by atoms with Crippen molar-refractivity contribution in [2.24, 2.45) is 0 Å². The van der Waals surface area contributed by atoms with Crippen molar-refractivity contribution < 1.29 is 9.53 Å². The van der Waals surface area contributed by atoms with Crippen molar-refractivity contribution in [3.63, 3.8) is 0 Å². The highest BCUT2D eigenvalue weighted by molar-refractivity contribution is 7.99. The van der Waals surface area contributed by atoms with E-state index < -0.39 is 0 Å². The number of carbonyl (C=O) groups is 1. The third-order valence-corrected chi connectivity index (χ3v) is 5.78. The smallest absolute Gasteiger partial charge is 0.230 e. The molecular formula is C24H28N4O2S. The van der Waals surface area contributed by atoms with Crippen LogP contribution in [-0.4, -0.2) is 26.4 Å². The fraction of sp³-hybridized carbons (Fsp3) is 0.292. The molecule has 2 aromatic carbocycles. The minimum Gasteiger partial charge on any atom is -0.485 e. The van der Waals surface area contributed by atoms with Crippen LogP contribution in [0, 0.1) is 13.8 Å². The number of rotatable bonds is 10. The fourth-order valence-corrected chi connectivity index (χ4v) is 3.87. The molecule has 0 saturated heterocycles. The second kappa shape index (κ2) is 10.8. The monoisotopic (exact) mass is 436 g/mol. The largest absolute Gasteiger partial charge is 0.485 e. The van der Waals surface area contributed by atoms with E-state index in [1.165, 1.54) is 11.8 Å². The number of aryl methyl sites for hydroxylation is 2. The number of allylic oxidation sites excluding steroid dienone is 1. The molecule has 0 aliphatic rings. The first-order chi connectivity index (χ1) is 15.0. The highest BCUT2D eigenvalue weighted by atomic mass is 32.2. The highest BCUT2D eigenvalue weighted by Gasteiger charge is 2.16. The Morgan fingerprint density at radius 2 is 2.00 bits per heavy atom. The second-order valence-electron chi connectivity index (χ2n) is 7.34. The maximum Gasteiger partial charge on any atom is 0.230 e. The molecule has 0 aliphatic heterocycles.